The highest BCUT2D eigenvalue weighted by molar-refractivity contribution is 5.79. The SMILES string of the molecule is CN=C(NCc1noc(C(C)(C)C)n1)NCC(C)Oc1ccccc1C. The highest BCUT2D eigenvalue weighted by Crippen LogP contribution is 2.19. The molecule has 0 saturated heterocycles. The van der Waals surface area contributed by atoms with Gasteiger partial charge >= 0.3 is 0 Å². The zero-order chi connectivity index (χ0) is 19.2. The minimum absolute atomic E-state index is 0.00711. The van der Waals surface area contributed by atoms with Crippen LogP contribution in [0.15, 0.2) is 33.8 Å². The molecule has 2 aromatic rings. The van der Waals surface area contributed by atoms with Crippen molar-refractivity contribution >= 4 is 5.96 Å². The van der Waals surface area contributed by atoms with E-state index in [-0.39, 0.29) is 11.5 Å². The minimum Gasteiger partial charge on any atom is -0.489 e. The largest absolute Gasteiger partial charge is 0.489 e. The number of nitrogens with zero attached hydrogens (tertiary/aromatic N) is 3. The van der Waals surface area contributed by atoms with Gasteiger partial charge in [0.05, 0.1) is 13.1 Å². The van der Waals surface area contributed by atoms with Crippen molar-refractivity contribution in [3.05, 3.63) is 41.5 Å². The second-order valence-electron chi connectivity index (χ2n) is 7.27. The molecule has 1 unspecified atom stereocenters. The summed E-state index contributed by atoms with van der Waals surface area (Å²) in [6.07, 6.45) is -0.00711. The summed E-state index contributed by atoms with van der Waals surface area (Å²) in [5, 5.41) is 10.4. The fourth-order valence-corrected chi connectivity index (χ4v) is 2.20. The van der Waals surface area contributed by atoms with Crippen molar-refractivity contribution in [2.24, 2.45) is 4.99 Å². The Hall–Kier alpha value is -2.57. The van der Waals surface area contributed by atoms with Gasteiger partial charge in [-0.1, -0.05) is 44.1 Å². The fraction of sp³-hybridized carbons (Fsp3) is 0.526. The van der Waals surface area contributed by atoms with Gasteiger partial charge in [-0.15, -0.1) is 0 Å². The molecule has 26 heavy (non-hydrogen) atoms. The molecule has 7 nitrogen and oxygen atoms in total. The zero-order valence-electron chi connectivity index (χ0n) is 16.5. The highest BCUT2D eigenvalue weighted by atomic mass is 16.5. The van der Waals surface area contributed by atoms with Gasteiger partial charge in [0, 0.05) is 12.5 Å². The molecule has 1 aromatic carbocycles. The van der Waals surface area contributed by atoms with Crippen molar-refractivity contribution in [1.29, 1.82) is 0 Å². The van der Waals surface area contributed by atoms with Crippen molar-refractivity contribution in [1.82, 2.24) is 20.8 Å². The zero-order valence-corrected chi connectivity index (χ0v) is 16.5. The summed E-state index contributed by atoms with van der Waals surface area (Å²) in [4.78, 5) is 8.61. The third kappa shape index (κ3) is 5.75. The predicted molar refractivity (Wildman–Crippen MR) is 102 cm³/mol. The lowest BCUT2D eigenvalue weighted by atomic mass is 9.97. The molecule has 0 bridgehead atoms. The molecule has 0 aliphatic carbocycles. The van der Waals surface area contributed by atoms with E-state index in [1.165, 1.54) is 0 Å². The minimum atomic E-state index is -0.159. The van der Waals surface area contributed by atoms with Crippen LogP contribution in [0.3, 0.4) is 0 Å². The second-order valence-corrected chi connectivity index (χ2v) is 7.27. The summed E-state index contributed by atoms with van der Waals surface area (Å²) in [7, 11) is 1.72. The van der Waals surface area contributed by atoms with E-state index in [4.69, 9.17) is 9.26 Å². The van der Waals surface area contributed by atoms with Crippen molar-refractivity contribution in [2.75, 3.05) is 13.6 Å². The van der Waals surface area contributed by atoms with Gasteiger partial charge in [-0.05, 0) is 25.5 Å². The van der Waals surface area contributed by atoms with Gasteiger partial charge in [0.2, 0.25) is 5.89 Å². The summed E-state index contributed by atoms with van der Waals surface area (Å²) in [6.45, 7) is 11.2. The van der Waals surface area contributed by atoms with E-state index in [0.717, 1.165) is 11.3 Å². The second kappa shape index (κ2) is 8.69. The molecule has 7 heteroatoms. The summed E-state index contributed by atoms with van der Waals surface area (Å²) >= 11 is 0. The molecule has 1 aromatic heterocycles. The van der Waals surface area contributed by atoms with E-state index in [2.05, 4.69) is 25.8 Å². The van der Waals surface area contributed by atoms with Crippen molar-refractivity contribution in [3.63, 3.8) is 0 Å². The lowest BCUT2D eigenvalue weighted by Crippen LogP contribution is -2.41. The Labute approximate surface area is 155 Å². The van der Waals surface area contributed by atoms with Gasteiger partial charge < -0.3 is 19.9 Å². The predicted octanol–water partition coefficient (Wildman–Crippen LogP) is 2.81. The number of aliphatic imine (C=N–C) groups is 1. The molecule has 0 radical (unpaired) electrons. The van der Waals surface area contributed by atoms with Gasteiger partial charge in [-0.2, -0.15) is 4.98 Å². The number of nitrogens with one attached hydrogen (secondary N) is 2. The number of aryl methyl sites for hydroxylation is 1. The molecule has 2 rings (SSSR count). The molecule has 0 spiro atoms. The van der Waals surface area contributed by atoms with Crippen LogP contribution < -0.4 is 15.4 Å². The van der Waals surface area contributed by atoms with E-state index in [0.29, 0.717) is 30.8 Å². The fourth-order valence-electron chi connectivity index (χ4n) is 2.20. The molecule has 1 atom stereocenters. The quantitative estimate of drug-likeness (QED) is 0.609. The lowest BCUT2D eigenvalue weighted by molar-refractivity contribution is 0.222. The normalized spacial score (nSPS) is 13.4. The Morgan fingerprint density at radius 3 is 2.62 bits per heavy atom. The lowest BCUT2D eigenvalue weighted by Gasteiger charge is -2.18. The Bertz CT molecular complexity index is 734. The van der Waals surface area contributed by atoms with Crippen molar-refractivity contribution in [3.8, 4) is 5.75 Å². The molecular weight excluding hydrogens is 330 g/mol. The topological polar surface area (TPSA) is 84.6 Å². The van der Waals surface area contributed by atoms with Crippen LogP contribution in [0.25, 0.3) is 0 Å². The molecule has 1 heterocycles. The van der Waals surface area contributed by atoms with Crippen molar-refractivity contribution < 1.29 is 9.26 Å². The standard InChI is InChI=1S/C19H29N5O2/c1-13-9-7-8-10-15(13)25-14(2)11-21-18(20-6)22-12-16-23-17(26-24-16)19(3,4)5/h7-10,14H,11-12H2,1-6H3,(H2,20,21,22). The highest BCUT2D eigenvalue weighted by Gasteiger charge is 2.21. The van der Waals surface area contributed by atoms with Crippen LogP contribution in [-0.2, 0) is 12.0 Å². The van der Waals surface area contributed by atoms with Crippen LogP contribution >= 0.6 is 0 Å². The molecule has 0 aliphatic heterocycles. The van der Waals surface area contributed by atoms with Gasteiger partial charge in [-0.25, -0.2) is 0 Å². The summed E-state index contributed by atoms with van der Waals surface area (Å²) in [5.74, 6) is 2.78. The monoisotopic (exact) mass is 359 g/mol. The third-order valence-electron chi connectivity index (χ3n) is 3.73. The average molecular weight is 359 g/mol. The first-order valence-corrected chi connectivity index (χ1v) is 8.79. The summed E-state index contributed by atoms with van der Waals surface area (Å²) in [6, 6.07) is 7.98. The van der Waals surface area contributed by atoms with Crippen LogP contribution in [0.2, 0.25) is 0 Å². The van der Waals surface area contributed by atoms with Crippen LogP contribution in [0.1, 0.15) is 45.0 Å². The number of ether oxygens (including phenoxy) is 1. The third-order valence-corrected chi connectivity index (χ3v) is 3.73. The number of guanidine groups is 1. The Balaban J connectivity index is 1.80. The van der Waals surface area contributed by atoms with Crippen LogP contribution in [0.4, 0.5) is 0 Å². The molecule has 0 amide bonds. The average Bonchev–Trinajstić information content (AvgIpc) is 3.06. The Morgan fingerprint density at radius 2 is 2.00 bits per heavy atom. The van der Waals surface area contributed by atoms with Crippen LogP contribution in [0.5, 0.6) is 5.75 Å². The molecule has 0 saturated carbocycles. The van der Waals surface area contributed by atoms with Crippen LogP contribution in [-0.4, -0.2) is 35.8 Å². The number of rotatable bonds is 6. The number of aromatic nitrogens is 2. The van der Waals surface area contributed by atoms with Gasteiger partial charge in [-0.3, -0.25) is 4.99 Å². The molecular formula is C19H29N5O2. The van der Waals surface area contributed by atoms with Gasteiger partial charge in [0.1, 0.15) is 11.9 Å². The van der Waals surface area contributed by atoms with Crippen molar-refractivity contribution in [2.45, 2.75) is 52.7 Å². The van der Waals surface area contributed by atoms with Crippen LogP contribution in [0, 0.1) is 6.92 Å². The van der Waals surface area contributed by atoms with E-state index in [1.807, 2.05) is 58.9 Å². The number of hydrogen-bond donors (Lipinski definition) is 2. The van der Waals surface area contributed by atoms with E-state index >= 15 is 0 Å². The maximum atomic E-state index is 5.96. The molecule has 142 valence electrons. The summed E-state index contributed by atoms with van der Waals surface area (Å²) in [5.41, 5.74) is 0.960. The van der Waals surface area contributed by atoms with E-state index in [1.54, 1.807) is 7.05 Å². The molecule has 0 aliphatic rings. The molecule has 2 N–H and O–H groups in total. The first-order chi connectivity index (χ1) is 12.3. The maximum absolute atomic E-state index is 5.96. The number of hydrogen-bond acceptors (Lipinski definition) is 5. The first kappa shape index (κ1) is 19.8. The number of benzene rings is 1. The van der Waals surface area contributed by atoms with Gasteiger partial charge in [0.25, 0.3) is 0 Å². The smallest absolute Gasteiger partial charge is 0.232 e. The Kier molecular flexibility index (Phi) is 6.60. The molecule has 0 fully saturated rings. The van der Waals surface area contributed by atoms with Gasteiger partial charge in [0.15, 0.2) is 11.8 Å². The first-order valence-electron chi connectivity index (χ1n) is 8.79. The summed E-state index contributed by atoms with van der Waals surface area (Å²) < 4.78 is 11.2. The number of para-hydroxylation sites is 1. The Morgan fingerprint density at radius 1 is 1.27 bits per heavy atom. The van der Waals surface area contributed by atoms with E-state index in [9.17, 15) is 0 Å². The maximum Gasteiger partial charge on any atom is 0.232 e. The van der Waals surface area contributed by atoms with E-state index < -0.39 is 0 Å².